The Balaban J connectivity index is 1.73. The van der Waals surface area contributed by atoms with Crippen LogP contribution in [0.25, 0.3) is 22.3 Å². The van der Waals surface area contributed by atoms with Crippen molar-refractivity contribution in [1.29, 1.82) is 0 Å². The summed E-state index contributed by atoms with van der Waals surface area (Å²) in [5, 5.41) is 0. The summed E-state index contributed by atoms with van der Waals surface area (Å²) in [5.41, 5.74) is 13.3. The summed E-state index contributed by atoms with van der Waals surface area (Å²) in [6.45, 7) is 16.3. The fourth-order valence-corrected chi connectivity index (χ4v) is 6.02. The first-order valence-electron chi connectivity index (χ1n) is 12.3. The van der Waals surface area contributed by atoms with Crippen LogP contribution in [-0.4, -0.2) is 5.54 Å². The summed E-state index contributed by atoms with van der Waals surface area (Å²) < 4.78 is 0. The summed E-state index contributed by atoms with van der Waals surface area (Å²) in [6.07, 6.45) is 0. The summed E-state index contributed by atoms with van der Waals surface area (Å²) in [5.74, 6) is 0. The van der Waals surface area contributed by atoms with E-state index < -0.39 is 0 Å². The molecule has 0 bridgehead atoms. The van der Waals surface area contributed by atoms with E-state index in [1.54, 1.807) is 0 Å². The zero-order valence-electron chi connectivity index (χ0n) is 21.5. The van der Waals surface area contributed by atoms with Gasteiger partial charge in [-0.1, -0.05) is 86.6 Å². The molecule has 0 fully saturated rings. The van der Waals surface area contributed by atoms with E-state index in [1.807, 2.05) is 0 Å². The van der Waals surface area contributed by atoms with Crippen molar-refractivity contribution in [1.82, 2.24) is 0 Å². The molecule has 1 aliphatic rings. The molecule has 0 heterocycles. The van der Waals surface area contributed by atoms with Crippen LogP contribution in [0, 0.1) is 13.8 Å². The molecule has 0 amide bonds. The van der Waals surface area contributed by atoms with Gasteiger partial charge in [0.15, 0.2) is 0 Å². The van der Waals surface area contributed by atoms with Crippen LogP contribution in [0.3, 0.4) is 0 Å². The van der Waals surface area contributed by atoms with Gasteiger partial charge in [0.25, 0.3) is 0 Å². The van der Waals surface area contributed by atoms with Crippen LogP contribution in [0.1, 0.15) is 56.9 Å². The SMILES string of the molecule is Cc1c(-c2ccccc2)cccc1N(c1ccc2c(c1C)C(C)(C)c1ccccc1-2)C(C)(C)C. The molecule has 0 atom stereocenters. The van der Waals surface area contributed by atoms with Crippen molar-refractivity contribution in [2.75, 3.05) is 4.90 Å². The van der Waals surface area contributed by atoms with E-state index in [1.165, 1.54) is 55.9 Å². The Morgan fingerprint density at radius 2 is 1.21 bits per heavy atom. The van der Waals surface area contributed by atoms with Gasteiger partial charge in [0.1, 0.15) is 0 Å². The number of nitrogens with zero attached hydrogens (tertiary/aromatic N) is 1. The maximum atomic E-state index is 2.55. The van der Waals surface area contributed by atoms with Crippen molar-refractivity contribution >= 4 is 11.4 Å². The average Bonchev–Trinajstić information content (AvgIpc) is 3.04. The molecule has 34 heavy (non-hydrogen) atoms. The van der Waals surface area contributed by atoms with Gasteiger partial charge in [-0.25, -0.2) is 0 Å². The predicted molar refractivity (Wildman–Crippen MR) is 147 cm³/mol. The van der Waals surface area contributed by atoms with Crippen molar-refractivity contribution < 1.29 is 0 Å². The van der Waals surface area contributed by atoms with Crippen LogP contribution in [0.5, 0.6) is 0 Å². The van der Waals surface area contributed by atoms with Gasteiger partial charge in [-0.3, -0.25) is 0 Å². The molecule has 0 radical (unpaired) electrons. The number of anilines is 2. The van der Waals surface area contributed by atoms with E-state index in [4.69, 9.17) is 0 Å². The van der Waals surface area contributed by atoms with Crippen LogP contribution >= 0.6 is 0 Å². The molecule has 1 heteroatoms. The number of rotatable bonds is 3. The van der Waals surface area contributed by atoms with E-state index >= 15 is 0 Å². The maximum absolute atomic E-state index is 2.55. The molecule has 0 spiro atoms. The first-order chi connectivity index (χ1) is 16.1. The Hall–Kier alpha value is -3.32. The topological polar surface area (TPSA) is 3.24 Å². The van der Waals surface area contributed by atoms with Gasteiger partial charge >= 0.3 is 0 Å². The highest BCUT2D eigenvalue weighted by atomic mass is 15.2. The van der Waals surface area contributed by atoms with Gasteiger partial charge in [-0.2, -0.15) is 0 Å². The second-order valence-corrected chi connectivity index (χ2v) is 11.1. The fourth-order valence-electron chi connectivity index (χ4n) is 6.02. The Labute approximate surface area is 205 Å². The molecule has 1 nitrogen and oxygen atoms in total. The number of fused-ring (bicyclic) bond motifs is 3. The zero-order chi connectivity index (χ0) is 24.3. The third-order valence-electron chi connectivity index (χ3n) is 7.49. The van der Waals surface area contributed by atoms with Gasteiger partial charge in [0.05, 0.1) is 0 Å². The second kappa shape index (κ2) is 7.87. The van der Waals surface area contributed by atoms with Gasteiger partial charge < -0.3 is 4.90 Å². The molecule has 0 N–H and O–H groups in total. The minimum Gasteiger partial charge on any atom is -0.336 e. The lowest BCUT2D eigenvalue weighted by molar-refractivity contribution is 0.557. The van der Waals surface area contributed by atoms with Gasteiger partial charge in [0.2, 0.25) is 0 Å². The average molecular weight is 446 g/mol. The van der Waals surface area contributed by atoms with E-state index in [0.717, 1.165) is 0 Å². The van der Waals surface area contributed by atoms with Crippen LogP contribution in [0.2, 0.25) is 0 Å². The molecular formula is C33H35N. The molecule has 0 unspecified atom stereocenters. The summed E-state index contributed by atoms with van der Waals surface area (Å²) in [4.78, 5) is 2.55. The Bertz CT molecular complexity index is 1370. The number of benzene rings is 4. The van der Waals surface area contributed by atoms with Crippen molar-refractivity contribution in [2.24, 2.45) is 0 Å². The monoisotopic (exact) mass is 445 g/mol. The van der Waals surface area contributed by atoms with E-state index in [9.17, 15) is 0 Å². The molecule has 0 saturated heterocycles. The van der Waals surface area contributed by atoms with E-state index in [-0.39, 0.29) is 11.0 Å². The summed E-state index contributed by atoms with van der Waals surface area (Å²) in [7, 11) is 0. The summed E-state index contributed by atoms with van der Waals surface area (Å²) >= 11 is 0. The van der Waals surface area contributed by atoms with Crippen LogP contribution in [0.4, 0.5) is 11.4 Å². The fraction of sp³-hybridized carbons (Fsp3) is 0.273. The minimum atomic E-state index is -0.0886. The smallest absolute Gasteiger partial charge is 0.0451 e. The largest absolute Gasteiger partial charge is 0.336 e. The number of hydrogen-bond donors (Lipinski definition) is 0. The van der Waals surface area contributed by atoms with Gasteiger partial charge in [0, 0.05) is 22.3 Å². The van der Waals surface area contributed by atoms with Crippen LogP contribution in [0.15, 0.2) is 84.9 Å². The second-order valence-electron chi connectivity index (χ2n) is 11.1. The molecule has 4 aromatic rings. The quantitative estimate of drug-likeness (QED) is 0.304. The predicted octanol–water partition coefficient (Wildman–Crippen LogP) is 9.21. The number of hydrogen-bond acceptors (Lipinski definition) is 1. The lowest BCUT2D eigenvalue weighted by Crippen LogP contribution is -2.38. The molecule has 1 aliphatic carbocycles. The van der Waals surface area contributed by atoms with Crippen molar-refractivity contribution in [3.05, 3.63) is 107 Å². The molecule has 0 aliphatic heterocycles. The first-order valence-corrected chi connectivity index (χ1v) is 12.3. The molecule has 0 saturated carbocycles. The zero-order valence-corrected chi connectivity index (χ0v) is 21.5. The van der Waals surface area contributed by atoms with E-state index in [2.05, 4.69) is 138 Å². The van der Waals surface area contributed by atoms with Crippen LogP contribution in [-0.2, 0) is 5.41 Å². The van der Waals surface area contributed by atoms with Crippen LogP contribution < -0.4 is 4.90 Å². The normalized spacial score (nSPS) is 14.0. The lowest BCUT2D eigenvalue weighted by atomic mass is 9.79. The molecule has 5 rings (SSSR count). The third-order valence-corrected chi connectivity index (χ3v) is 7.49. The van der Waals surface area contributed by atoms with Crippen molar-refractivity contribution in [3.63, 3.8) is 0 Å². The van der Waals surface area contributed by atoms with Crippen molar-refractivity contribution in [3.8, 4) is 22.3 Å². The lowest BCUT2D eigenvalue weighted by Gasteiger charge is -2.41. The van der Waals surface area contributed by atoms with Gasteiger partial charge in [-0.05, 0) is 91.3 Å². The maximum Gasteiger partial charge on any atom is 0.0451 e. The molecular weight excluding hydrogens is 410 g/mol. The Morgan fingerprint density at radius 3 is 1.91 bits per heavy atom. The highest BCUT2D eigenvalue weighted by Gasteiger charge is 2.38. The van der Waals surface area contributed by atoms with Crippen molar-refractivity contribution in [2.45, 2.75) is 59.4 Å². The van der Waals surface area contributed by atoms with E-state index in [0.29, 0.717) is 0 Å². The Morgan fingerprint density at radius 1 is 0.588 bits per heavy atom. The first kappa shape index (κ1) is 22.5. The Kier molecular flexibility index (Phi) is 5.20. The summed E-state index contributed by atoms with van der Waals surface area (Å²) in [6, 6.07) is 31.0. The molecule has 4 aromatic carbocycles. The highest BCUT2D eigenvalue weighted by Crippen LogP contribution is 2.52. The van der Waals surface area contributed by atoms with Gasteiger partial charge in [-0.15, -0.1) is 0 Å². The minimum absolute atomic E-state index is 0.0174. The standard InChI is InChI=1S/C33H35N/c1-22-25(24-14-9-8-10-15-24)17-13-19-29(22)34(32(3,4)5)30-21-20-27-26-16-11-12-18-28(26)33(6,7)31(27)23(30)2/h8-21H,1-7H3. The molecule has 172 valence electrons. The highest BCUT2D eigenvalue weighted by molar-refractivity contribution is 5.87. The third kappa shape index (κ3) is 3.38. The molecule has 0 aromatic heterocycles.